The smallest absolute Gasteiger partial charge is 0.246 e. The predicted molar refractivity (Wildman–Crippen MR) is 95.6 cm³/mol. The third-order valence-electron chi connectivity index (χ3n) is 3.21. The number of benzene rings is 1. The molecule has 5 nitrogen and oxygen atoms in total. The van der Waals surface area contributed by atoms with Crippen molar-refractivity contribution in [3.63, 3.8) is 0 Å². The minimum Gasteiger partial charge on any atom is -0.497 e. The van der Waals surface area contributed by atoms with Crippen molar-refractivity contribution in [2.24, 2.45) is 5.73 Å². The van der Waals surface area contributed by atoms with Crippen LogP contribution in [0.15, 0.2) is 41.8 Å². The second kappa shape index (κ2) is 9.52. The van der Waals surface area contributed by atoms with E-state index in [0.717, 1.165) is 16.3 Å². The molecule has 1 atom stereocenters. The Kier molecular flexibility index (Phi) is 8.05. The Bertz CT molecular complexity index is 590. The lowest BCUT2D eigenvalue weighted by molar-refractivity contribution is -0.121. The lowest BCUT2D eigenvalue weighted by Crippen LogP contribution is -2.46. The van der Waals surface area contributed by atoms with Gasteiger partial charge in [-0.2, -0.15) is 0 Å². The topological polar surface area (TPSA) is 64.8 Å². The van der Waals surface area contributed by atoms with Gasteiger partial charge in [0.15, 0.2) is 0 Å². The molecule has 0 aliphatic carbocycles. The first kappa shape index (κ1) is 19.4. The number of anilines is 1. The molecule has 2 aromatic rings. The predicted octanol–water partition coefficient (Wildman–Crippen LogP) is 2.69. The summed E-state index contributed by atoms with van der Waals surface area (Å²) < 4.78 is 10.1. The summed E-state index contributed by atoms with van der Waals surface area (Å²) in [4.78, 5) is 15.4. The van der Waals surface area contributed by atoms with Gasteiger partial charge in [0.1, 0.15) is 11.8 Å². The number of ether oxygens (including phenoxy) is 2. The molecule has 1 amide bonds. The highest BCUT2D eigenvalue weighted by Crippen LogP contribution is 2.23. The van der Waals surface area contributed by atoms with E-state index in [0.29, 0.717) is 6.54 Å². The summed E-state index contributed by atoms with van der Waals surface area (Å²) in [7, 11) is 3.14. The van der Waals surface area contributed by atoms with Gasteiger partial charge in [-0.1, -0.05) is 6.07 Å². The molecule has 7 heteroatoms. The van der Waals surface area contributed by atoms with Gasteiger partial charge in [0.05, 0.1) is 20.3 Å². The van der Waals surface area contributed by atoms with Gasteiger partial charge in [-0.05, 0) is 35.7 Å². The molecule has 0 saturated carbocycles. The highest BCUT2D eigenvalue weighted by molar-refractivity contribution is 7.09. The first-order valence-electron chi connectivity index (χ1n) is 6.88. The fourth-order valence-corrected chi connectivity index (χ4v) is 2.76. The van der Waals surface area contributed by atoms with E-state index >= 15 is 0 Å². The van der Waals surface area contributed by atoms with Crippen LogP contribution in [0.4, 0.5) is 5.69 Å². The van der Waals surface area contributed by atoms with E-state index in [-0.39, 0.29) is 24.9 Å². The zero-order valence-corrected chi connectivity index (χ0v) is 14.7. The van der Waals surface area contributed by atoms with Crippen LogP contribution in [0.3, 0.4) is 0 Å². The van der Waals surface area contributed by atoms with E-state index in [4.69, 9.17) is 15.2 Å². The molecular formula is C16H21ClN2O3S. The van der Waals surface area contributed by atoms with Crippen molar-refractivity contribution in [3.8, 4) is 5.75 Å². The number of amides is 1. The molecule has 0 fully saturated rings. The SMILES string of the molecule is COCC(N)C(=O)N(Cc1cccs1)c1ccc(OC)cc1.Cl. The third kappa shape index (κ3) is 5.21. The van der Waals surface area contributed by atoms with Crippen LogP contribution >= 0.6 is 23.7 Å². The zero-order chi connectivity index (χ0) is 15.9. The van der Waals surface area contributed by atoms with Crippen LogP contribution in [0.2, 0.25) is 0 Å². The first-order chi connectivity index (χ1) is 10.7. The summed E-state index contributed by atoms with van der Waals surface area (Å²) in [6.07, 6.45) is 0. The number of hydrogen-bond donors (Lipinski definition) is 1. The van der Waals surface area contributed by atoms with Crippen molar-refractivity contribution in [3.05, 3.63) is 46.7 Å². The van der Waals surface area contributed by atoms with Gasteiger partial charge in [0.2, 0.25) is 5.91 Å². The average Bonchev–Trinajstić information content (AvgIpc) is 3.05. The number of halogens is 1. The summed E-state index contributed by atoms with van der Waals surface area (Å²) in [6, 6.07) is 10.6. The molecule has 2 N–H and O–H groups in total. The quantitative estimate of drug-likeness (QED) is 0.828. The van der Waals surface area contributed by atoms with Crippen molar-refractivity contribution in [1.29, 1.82) is 0 Å². The van der Waals surface area contributed by atoms with Gasteiger partial charge >= 0.3 is 0 Å². The molecule has 2 rings (SSSR count). The van der Waals surface area contributed by atoms with Crippen LogP contribution in [0.25, 0.3) is 0 Å². The van der Waals surface area contributed by atoms with Crippen molar-refractivity contribution >= 4 is 35.3 Å². The van der Waals surface area contributed by atoms with E-state index in [1.54, 1.807) is 23.3 Å². The fourth-order valence-electron chi connectivity index (χ4n) is 2.07. The summed E-state index contributed by atoms with van der Waals surface area (Å²) in [5.41, 5.74) is 6.70. The summed E-state index contributed by atoms with van der Waals surface area (Å²) >= 11 is 1.61. The maximum absolute atomic E-state index is 12.6. The number of carbonyl (C=O) groups is 1. The lowest BCUT2D eigenvalue weighted by atomic mass is 10.2. The van der Waals surface area contributed by atoms with Gasteiger partial charge in [0, 0.05) is 17.7 Å². The van der Waals surface area contributed by atoms with Crippen molar-refractivity contribution in [2.75, 3.05) is 25.7 Å². The molecule has 1 unspecified atom stereocenters. The van der Waals surface area contributed by atoms with Crippen LogP contribution in [0.1, 0.15) is 4.88 Å². The first-order valence-corrected chi connectivity index (χ1v) is 7.76. The Labute approximate surface area is 146 Å². The second-order valence-corrected chi connectivity index (χ2v) is 5.80. The number of methoxy groups -OCH3 is 2. The van der Waals surface area contributed by atoms with Gasteiger partial charge in [0.25, 0.3) is 0 Å². The molecule has 0 bridgehead atoms. The van der Waals surface area contributed by atoms with Crippen LogP contribution in [0, 0.1) is 0 Å². The van der Waals surface area contributed by atoms with Crippen LogP contribution in [-0.4, -0.2) is 32.8 Å². The van der Waals surface area contributed by atoms with E-state index < -0.39 is 6.04 Å². The Morgan fingerprint density at radius 2 is 1.96 bits per heavy atom. The second-order valence-electron chi connectivity index (χ2n) is 4.76. The molecule has 0 aliphatic heterocycles. The lowest BCUT2D eigenvalue weighted by Gasteiger charge is -2.25. The van der Waals surface area contributed by atoms with Crippen molar-refractivity contribution in [2.45, 2.75) is 12.6 Å². The number of nitrogens with zero attached hydrogens (tertiary/aromatic N) is 1. The van der Waals surface area contributed by atoms with Gasteiger partial charge in [-0.3, -0.25) is 4.79 Å². The average molecular weight is 357 g/mol. The molecule has 1 aromatic carbocycles. The molecular weight excluding hydrogens is 336 g/mol. The molecule has 0 spiro atoms. The van der Waals surface area contributed by atoms with Crippen LogP contribution in [0.5, 0.6) is 5.75 Å². The van der Waals surface area contributed by atoms with Crippen molar-refractivity contribution in [1.82, 2.24) is 0 Å². The molecule has 1 heterocycles. The number of thiophene rings is 1. The maximum Gasteiger partial charge on any atom is 0.246 e. The largest absolute Gasteiger partial charge is 0.497 e. The van der Waals surface area contributed by atoms with Gasteiger partial charge in [-0.25, -0.2) is 0 Å². The summed E-state index contributed by atoms with van der Waals surface area (Å²) in [5.74, 6) is 0.578. The third-order valence-corrected chi connectivity index (χ3v) is 4.07. The number of nitrogens with two attached hydrogens (primary N) is 1. The minimum absolute atomic E-state index is 0. The van der Waals surface area contributed by atoms with Crippen LogP contribution < -0.4 is 15.4 Å². The molecule has 0 radical (unpaired) electrons. The van der Waals surface area contributed by atoms with Gasteiger partial charge in [-0.15, -0.1) is 23.7 Å². The number of rotatable bonds is 7. The Morgan fingerprint density at radius 3 is 2.48 bits per heavy atom. The highest BCUT2D eigenvalue weighted by atomic mass is 35.5. The maximum atomic E-state index is 12.6. The van der Waals surface area contributed by atoms with Gasteiger partial charge < -0.3 is 20.1 Å². The normalized spacial score (nSPS) is 11.4. The molecule has 126 valence electrons. The van der Waals surface area contributed by atoms with E-state index in [9.17, 15) is 4.79 Å². The van der Waals surface area contributed by atoms with Crippen molar-refractivity contribution < 1.29 is 14.3 Å². The summed E-state index contributed by atoms with van der Waals surface area (Å²) in [5, 5.41) is 1.99. The number of carbonyl (C=O) groups excluding carboxylic acids is 1. The van der Waals surface area contributed by atoms with E-state index in [2.05, 4.69) is 0 Å². The number of hydrogen-bond acceptors (Lipinski definition) is 5. The van der Waals surface area contributed by atoms with E-state index in [1.165, 1.54) is 7.11 Å². The van der Waals surface area contributed by atoms with Crippen LogP contribution in [-0.2, 0) is 16.1 Å². The molecule has 23 heavy (non-hydrogen) atoms. The van der Waals surface area contributed by atoms with E-state index in [1.807, 2.05) is 41.8 Å². The molecule has 1 aromatic heterocycles. The Balaban J connectivity index is 0.00000264. The Morgan fingerprint density at radius 1 is 1.26 bits per heavy atom. The molecule has 0 saturated heterocycles. The Hall–Kier alpha value is -1.60. The fraction of sp³-hybridized carbons (Fsp3) is 0.312. The minimum atomic E-state index is -0.688. The summed E-state index contributed by atoms with van der Waals surface area (Å²) in [6.45, 7) is 0.677. The highest BCUT2D eigenvalue weighted by Gasteiger charge is 2.23. The monoisotopic (exact) mass is 356 g/mol. The molecule has 0 aliphatic rings. The standard InChI is InChI=1S/C16H20N2O3S.ClH/c1-20-11-15(17)16(19)18(10-14-4-3-9-22-14)12-5-7-13(21-2)8-6-12;/h3-9,15H,10-11,17H2,1-2H3;1H. The zero-order valence-electron chi connectivity index (χ0n) is 13.1.